The van der Waals surface area contributed by atoms with Gasteiger partial charge < -0.3 is 0 Å². The molecular weight excluding hydrogens is 184 g/mol. The first-order valence-corrected chi connectivity index (χ1v) is 4.90. The second-order valence-electron chi connectivity index (χ2n) is 3.61. The molecule has 0 saturated heterocycles. The predicted molar refractivity (Wildman–Crippen MR) is 51.0 cm³/mol. The van der Waals surface area contributed by atoms with Crippen LogP contribution in [0.2, 0.25) is 0 Å². The van der Waals surface area contributed by atoms with E-state index in [1.165, 1.54) is 12.1 Å². The maximum Gasteiger partial charge on any atom is 0.128 e. The molecule has 0 unspecified atom stereocenters. The Morgan fingerprint density at radius 2 is 1.86 bits per heavy atom. The van der Waals surface area contributed by atoms with E-state index in [2.05, 4.69) is 4.90 Å². The van der Waals surface area contributed by atoms with Gasteiger partial charge >= 0.3 is 0 Å². The Morgan fingerprint density at radius 1 is 1.21 bits per heavy atom. The quantitative estimate of drug-likeness (QED) is 0.668. The number of hydrogen-bond donors (Lipinski definition) is 0. The van der Waals surface area contributed by atoms with Crippen molar-refractivity contribution in [1.82, 2.24) is 4.90 Å². The third-order valence-corrected chi connectivity index (χ3v) is 2.82. The second-order valence-corrected chi connectivity index (χ2v) is 3.61. The van der Waals surface area contributed by atoms with E-state index in [-0.39, 0.29) is 11.6 Å². The van der Waals surface area contributed by atoms with Crippen molar-refractivity contribution in [1.29, 1.82) is 0 Å². The van der Waals surface area contributed by atoms with Gasteiger partial charge in [0, 0.05) is 18.7 Å². The van der Waals surface area contributed by atoms with Gasteiger partial charge in [0.1, 0.15) is 11.6 Å². The number of nitrogens with zero attached hydrogens (tertiary/aromatic N) is 1. The number of halogens is 2. The monoisotopic (exact) mass is 197 g/mol. The standard InChI is InChI=1S/C11H13F2N/c1-2-14-6-5-8-9(7-14)11(13)4-3-10(8)12/h3-4H,2,5-7H2,1H3. The number of likely N-dealkylation sites (N-methyl/N-ethyl adjacent to an activating group) is 1. The van der Waals surface area contributed by atoms with Crippen LogP contribution < -0.4 is 0 Å². The summed E-state index contributed by atoms with van der Waals surface area (Å²) in [5.41, 5.74) is 1.10. The highest BCUT2D eigenvalue weighted by atomic mass is 19.1. The number of benzene rings is 1. The van der Waals surface area contributed by atoms with E-state index in [4.69, 9.17) is 0 Å². The summed E-state index contributed by atoms with van der Waals surface area (Å²) in [5, 5.41) is 0. The van der Waals surface area contributed by atoms with Gasteiger partial charge in [-0.1, -0.05) is 6.92 Å². The van der Waals surface area contributed by atoms with Crippen LogP contribution in [0.3, 0.4) is 0 Å². The van der Waals surface area contributed by atoms with Gasteiger partial charge in [0.15, 0.2) is 0 Å². The Morgan fingerprint density at radius 3 is 2.50 bits per heavy atom. The van der Waals surface area contributed by atoms with Gasteiger partial charge in [-0.3, -0.25) is 4.90 Å². The molecule has 0 aliphatic carbocycles. The van der Waals surface area contributed by atoms with Crippen LogP contribution in [-0.4, -0.2) is 18.0 Å². The molecule has 0 fully saturated rings. The van der Waals surface area contributed by atoms with E-state index in [0.717, 1.165) is 13.1 Å². The van der Waals surface area contributed by atoms with Crippen molar-refractivity contribution in [2.75, 3.05) is 13.1 Å². The Kier molecular flexibility index (Phi) is 2.50. The van der Waals surface area contributed by atoms with Gasteiger partial charge in [-0.25, -0.2) is 8.78 Å². The van der Waals surface area contributed by atoms with Crippen LogP contribution in [0.15, 0.2) is 12.1 Å². The summed E-state index contributed by atoms with van der Waals surface area (Å²) in [4.78, 5) is 2.12. The van der Waals surface area contributed by atoms with Gasteiger partial charge in [-0.2, -0.15) is 0 Å². The SMILES string of the molecule is CCN1CCc2c(F)ccc(F)c2C1. The molecule has 1 aromatic rings. The summed E-state index contributed by atoms with van der Waals surface area (Å²) < 4.78 is 26.7. The van der Waals surface area contributed by atoms with Crippen LogP contribution in [0.5, 0.6) is 0 Å². The zero-order valence-electron chi connectivity index (χ0n) is 8.19. The predicted octanol–water partition coefficient (Wildman–Crippen LogP) is 2.34. The molecule has 0 spiro atoms. The molecule has 1 heterocycles. The fourth-order valence-corrected chi connectivity index (χ4v) is 1.92. The molecule has 1 aromatic carbocycles. The molecule has 3 heteroatoms. The highest BCUT2D eigenvalue weighted by molar-refractivity contribution is 5.32. The highest BCUT2D eigenvalue weighted by Gasteiger charge is 2.20. The van der Waals surface area contributed by atoms with Crippen LogP contribution in [0.4, 0.5) is 8.78 Å². The molecule has 0 saturated carbocycles. The molecule has 76 valence electrons. The summed E-state index contributed by atoms with van der Waals surface area (Å²) >= 11 is 0. The minimum atomic E-state index is -0.278. The van der Waals surface area contributed by atoms with Gasteiger partial charge in [-0.05, 0) is 30.7 Å². The molecule has 0 amide bonds. The second kappa shape index (κ2) is 3.65. The van der Waals surface area contributed by atoms with Crippen molar-refractivity contribution in [3.05, 3.63) is 34.9 Å². The average Bonchev–Trinajstić information content (AvgIpc) is 2.23. The van der Waals surface area contributed by atoms with Crippen LogP contribution in [0.25, 0.3) is 0 Å². The zero-order chi connectivity index (χ0) is 10.1. The van der Waals surface area contributed by atoms with Gasteiger partial charge in [0.05, 0.1) is 0 Å². The third-order valence-electron chi connectivity index (χ3n) is 2.82. The average molecular weight is 197 g/mol. The molecule has 0 bridgehead atoms. The first-order chi connectivity index (χ1) is 6.72. The van der Waals surface area contributed by atoms with E-state index in [9.17, 15) is 8.78 Å². The van der Waals surface area contributed by atoms with Crippen LogP contribution in [0.1, 0.15) is 18.1 Å². The lowest BCUT2D eigenvalue weighted by Crippen LogP contribution is -2.31. The minimum Gasteiger partial charge on any atom is -0.299 e. The lowest BCUT2D eigenvalue weighted by atomic mass is 9.98. The van der Waals surface area contributed by atoms with Crippen molar-refractivity contribution < 1.29 is 8.78 Å². The van der Waals surface area contributed by atoms with Crippen molar-refractivity contribution in [2.45, 2.75) is 19.9 Å². The lowest BCUT2D eigenvalue weighted by molar-refractivity contribution is 0.259. The summed E-state index contributed by atoms with van der Waals surface area (Å²) in [6.45, 7) is 4.27. The Balaban J connectivity index is 2.40. The van der Waals surface area contributed by atoms with E-state index in [0.29, 0.717) is 24.1 Å². The minimum absolute atomic E-state index is 0.267. The third kappa shape index (κ3) is 1.52. The largest absolute Gasteiger partial charge is 0.299 e. The summed E-state index contributed by atoms with van der Waals surface area (Å²) in [5.74, 6) is -0.545. The molecule has 14 heavy (non-hydrogen) atoms. The summed E-state index contributed by atoms with van der Waals surface area (Å²) in [6.07, 6.45) is 0.618. The molecule has 0 aromatic heterocycles. The van der Waals surface area contributed by atoms with Crippen molar-refractivity contribution >= 4 is 0 Å². The fourth-order valence-electron chi connectivity index (χ4n) is 1.92. The first kappa shape index (κ1) is 9.59. The van der Waals surface area contributed by atoms with Gasteiger partial charge in [0.25, 0.3) is 0 Å². The van der Waals surface area contributed by atoms with Crippen LogP contribution in [0, 0.1) is 11.6 Å². The topological polar surface area (TPSA) is 3.24 Å². The van der Waals surface area contributed by atoms with Crippen LogP contribution in [-0.2, 0) is 13.0 Å². The first-order valence-electron chi connectivity index (χ1n) is 4.90. The maximum absolute atomic E-state index is 13.4. The van der Waals surface area contributed by atoms with E-state index in [1.807, 2.05) is 6.92 Å². The zero-order valence-corrected chi connectivity index (χ0v) is 8.19. The molecular formula is C11H13F2N. The number of hydrogen-bond acceptors (Lipinski definition) is 1. The Hall–Kier alpha value is -0.960. The van der Waals surface area contributed by atoms with Crippen LogP contribution >= 0.6 is 0 Å². The molecule has 0 radical (unpaired) electrons. The summed E-state index contributed by atoms with van der Waals surface area (Å²) in [6, 6.07) is 2.43. The highest BCUT2D eigenvalue weighted by Crippen LogP contribution is 2.23. The molecule has 1 aliphatic heterocycles. The normalized spacial score (nSPS) is 16.8. The Labute approximate surface area is 82.3 Å². The molecule has 2 rings (SSSR count). The van der Waals surface area contributed by atoms with Crippen molar-refractivity contribution in [2.24, 2.45) is 0 Å². The number of rotatable bonds is 1. The van der Waals surface area contributed by atoms with Crippen molar-refractivity contribution in [3.8, 4) is 0 Å². The molecule has 0 atom stereocenters. The number of fused-ring (bicyclic) bond motifs is 1. The smallest absolute Gasteiger partial charge is 0.128 e. The van der Waals surface area contributed by atoms with E-state index < -0.39 is 0 Å². The molecule has 1 nitrogen and oxygen atoms in total. The molecule has 1 aliphatic rings. The Bertz CT molecular complexity index is 349. The molecule has 0 N–H and O–H groups in total. The fraction of sp³-hybridized carbons (Fsp3) is 0.455. The maximum atomic E-state index is 13.4. The van der Waals surface area contributed by atoms with Gasteiger partial charge in [0.2, 0.25) is 0 Å². The summed E-state index contributed by atoms with van der Waals surface area (Å²) in [7, 11) is 0. The lowest BCUT2D eigenvalue weighted by Gasteiger charge is -2.27. The van der Waals surface area contributed by atoms with Crippen molar-refractivity contribution in [3.63, 3.8) is 0 Å². The van der Waals surface area contributed by atoms with E-state index in [1.54, 1.807) is 0 Å². The van der Waals surface area contributed by atoms with E-state index >= 15 is 0 Å². The van der Waals surface area contributed by atoms with Gasteiger partial charge in [-0.15, -0.1) is 0 Å².